The number of hydrogen-bond donors (Lipinski definition) is 2. The van der Waals surface area contributed by atoms with Crippen LogP contribution in [0.4, 0.5) is 11.6 Å². The molecule has 7 nitrogen and oxygen atoms in total. The summed E-state index contributed by atoms with van der Waals surface area (Å²) >= 11 is 0. The van der Waals surface area contributed by atoms with E-state index in [-0.39, 0.29) is 5.56 Å². The Labute approximate surface area is 204 Å². The van der Waals surface area contributed by atoms with Crippen LogP contribution in [0.25, 0.3) is 11.0 Å². The van der Waals surface area contributed by atoms with E-state index >= 15 is 0 Å². The Morgan fingerprint density at radius 2 is 1.94 bits per heavy atom. The molecule has 1 saturated heterocycles. The highest BCUT2D eigenvalue weighted by atomic mass is 16.1. The molecular weight excluding hydrogens is 436 g/mol. The van der Waals surface area contributed by atoms with Crippen LogP contribution in [0, 0.1) is 18.8 Å². The highest BCUT2D eigenvalue weighted by Crippen LogP contribution is 2.27. The first-order chi connectivity index (χ1) is 17.1. The van der Waals surface area contributed by atoms with Crippen LogP contribution in [-0.4, -0.2) is 32.6 Å². The second kappa shape index (κ2) is 10.1. The van der Waals surface area contributed by atoms with Crippen LogP contribution in [0.3, 0.4) is 0 Å². The van der Waals surface area contributed by atoms with E-state index in [1.807, 2.05) is 19.1 Å². The summed E-state index contributed by atoms with van der Waals surface area (Å²) in [7, 11) is 0. The molecule has 2 N–H and O–H groups in total. The van der Waals surface area contributed by atoms with E-state index in [1.54, 1.807) is 30.0 Å². The molecule has 0 spiro atoms. The zero-order valence-corrected chi connectivity index (χ0v) is 20.0. The highest BCUT2D eigenvalue weighted by molar-refractivity contribution is 5.77. The van der Waals surface area contributed by atoms with Gasteiger partial charge in [0.2, 0.25) is 5.95 Å². The molecule has 0 bridgehead atoms. The summed E-state index contributed by atoms with van der Waals surface area (Å²) in [6.45, 7) is 6.15. The molecule has 0 amide bonds. The summed E-state index contributed by atoms with van der Waals surface area (Å²) in [5.74, 6) is 6.79. The van der Waals surface area contributed by atoms with Crippen LogP contribution in [0.15, 0.2) is 59.7 Å². The smallest absolute Gasteiger partial charge is 0.268 e. The summed E-state index contributed by atoms with van der Waals surface area (Å²) in [6, 6.07) is 14.1. The molecule has 3 aromatic heterocycles. The largest absolute Gasteiger partial charge is 0.324 e. The number of nitrogens with one attached hydrogen (secondary N) is 2. The zero-order valence-electron chi connectivity index (χ0n) is 20.0. The number of aryl methyl sites for hydroxylation is 1. The van der Waals surface area contributed by atoms with Crippen LogP contribution in [0.5, 0.6) is 0 Å². The lowest BCUT2D eigenvalue weighted by Crippen LogP contribution is -2.26. The van der Waals surface area contributed by atoms with Crippen molar-refractivity contribution in [2.75, 3.05) is 18.4 Å². The van der Waals surface area contributed by atoms with Crippen LogP contribution >= 0.6 is 0 Å². The lowest BCUT2D eigenvalue weighted by atomic mass is 9.90. The third kappa shape index (κ3) is 4.93. The third-order valence-corrected chi connectivity index (χ3v) is 6.49. The van der Waals surface area contributed by atoms with Gasteiger partial charge in [-0.25, -0.2) is 4.98 Å². The van der Waals surface area contributed by atoms with Crippen molar-refractivity contribution < 1.29 is 0 Å². The Balaban J connectivity index is 1.49. The van der Waals surface area contributed by atoms with E-state index in [4.69, 9.17) is 4.98 Å². The first-order valence-electron chi connectivity index (χ1n) is 11.9. The lowest BCUT2D eigenvalue weighted by Gasteiger charge is -2.23. The molecule has 1 aliphatic rings. The second-order valence-corrected chi connectivity index (χ2v) is 8.84. The van der Waals surface area contributed by atoms with Gasteiger partial charge in [0.15, 0.2) is 0 Å². The maximum atomic E-state index is 13.3. The van der Waals surface area contributed by atoms with E-state index in [0.717, 1.165) is 48.3 Å². The molecule has 0 atom stereocenters. The Bertz CT molecular complexity index is 1470. The fraction of sp³-hybridized carbons (Fsp3) is 0.286. The molecule has 0 radical (unpaired) electrons. The minimum absolute atomic E-state index is 0.187. The maximum Gasteiger partial charge on any atom is 0.268 e. The van der Waals surface area contributed by atoms with Crippen LogP contribution < -0.4 is 16.2 Å². The molecule has 0 unspecified atom stereocenters. The quantitative estimate of drug-likeness (QED) is 0.432. The Kier molecular flexibility index (Phi) is 6.55. The predicted octanol–water partition coefficient (Wildman–Crippen LogP) is 4.13. The Morgan fingerprint density at radius 3 is 2.69 bits per heavy atom. The van der Waals surface area contributed by atoms with E-state index in [0.29, 0.717) is 29.6 Å². The number of fused-ring (bicyclic) bond motifs is 1. The van der Waals surface area contributed by atoms with Crippen molar-refractivity contribution in [3.63, 3.8) is 0 Å². The number of piperidine rings is 1. The fourth-order valence-corrected chi connectivity index (χ4v) is 4.55. The number of hydrogen-bond acceptors (Lipinski definition) is 6. The summed E-state index contributed by atoms with van der Waals surface area (Å²) in [5.41, 5.74) is 4.88. The molecule has 1 aliphatic heterocycles. The molecular formula is C28H28N6O. The summed E-state index contributed by atoms with van der Waals surface area (Å²) in [4.78, 5) is 27.0. The number of aromatic nitrogens is 4. The van der Waals surface area contributed by atoms with Gasteiger partial charge >= 0.3 is 0 Å². The van der Waals surface area contributed by atoms with Gasteiger partial charge in [-0.1, -0.05) is 24.1 Å². The Hall–Kier alpha value is -4.02. The normalized spacial score (nSPS) is 13.9. The molecule has 176 valence electrons. The van der Waals surface area contributed by atoms with E-state index in [2.05, 4.69) is 56.7 Å². The minimum atomic E-state index is -0.187. The van der Waals surface area contributed by atoms with Crippen LogP contribution in [0.1, 0.15) is 48.1 Å². The maximum absolute atomic E-state index is 13.3. The van der Waals surface area contributed by atoms with Crippen molar-refractivity contribution in [1.82, 2.24) is 24.8 Å². The third-order valence-electron chi connectivity index (χ3n) is 6.49. The standard InChI is InChI=1S/C28H28N6O/c1-3-5-22-16-23-17-31-28(32-24-9-7-20(8-10-24)21-11-14-29-15-12-21)33-26(23)34(27(22)35)18-25-19(2)6-4-13-30-25/h4,6-10,13,16-17,21,29H,11-12,14-15,18H2,1-2H3,(H,31,32,33). The van der Waals surface area contributed by atoms with Gasteiger partial charge in [0, 0.05) is 23.5 Å². The SMILES string of the molecule is CC#Cc1cc2cnc(Nc3ccc(C4CCNCC4)cc3)nc2n(Cc2ncccc2C)c1=O. The van der Waals surface area contributed by atoms with Gasteiger partial charge in [0.25, 0.3) is 5.56 Å². The van der Waals surface area contributed by atoms with Crippen molar-refractivity contribution in [3.8, 4) is 11.8 Å². The molecule has 0 aliphatic carbocycles. The number of nitrogens with zero attached hydrogens (tertiary/aromatic N) is 4. The van der Waals surface area contributed by atoms with Crippen molar-refractivity contribution >= 4 is 22.7 Å². The first kappa shape index (κ1) is 22.8. The first-order valence-corrected chi connectivity index (χ1v) is 11.9. The molecule has 1 aromatic carbocycles. The number of anilines is 2. The average molecular weight is 465 g/mol. The van der Waals surface area contributed by atoms with Crippen molar-refractivity contribution in [2.45, 2.75) is 39.2 Å². The monoisotopic (exact) mass is 464 g/mol. The van der Waals surface area contributed by atoms with Crippen molar-refractivity contribution in [3.05, 3.63) is 87.6 Å². The van der Waals surface area contributed by atoms with Gasteiger partial charge in [-0.3, -0.25) is 14.3 Å². The lowest BCUT2D eigenvalue weighted by molar-refractivity contribution is 0.460. The summed E-state index contributed by atoms with van der Waals surface area (Å²) < 4.78 is 1.64. The minimum Gasteiger partial charge on any atom is -0.324 e. The average Bonchev–Trinajstić information content (AvgIpc) is 2.89. The van der Waals surface area contributed by atoms with Crippen molar-refractivity contribution in [2.24, 2.45) is 0 Å². The molecule has 7 heteroatoms. The number of rotatable bonds is 5. The Morgan fingerprint density at radius 1 is 1.14 bits per heavy atom. The van der Waals surface area contributed by atoms with Gasteiger partial charge in [-0.05, 0) is 81.1 Å². The number of pyridine rings is 2. The summed E-state index contributed by atoms with van der Waals surface area (Å²) in [6.07, 6.45) is 5.80. The topological polar surface area (TPSA) is 84.7 Å². The van der Waals surface area contributed by atoms with Crippen LogP contribution in [0.2, 0.25) is 0 Å². The second-order valence-electron chi connectivity index (χ2n) is 8.84. The molecule has 4 aromatic rings. The van der Waals surface area contributed by atoms with E-state index < -0.39 is 0 Å². The van der Waals surface area contributed by atoms with Gasteiger partial charge in [-0.2, -0.15) is 4.98 Å². The molecule has 35 heavy (non-hydrogen) atoms. The van der Waals surface area contributed by atoms with E-state index in [1.165, 1.54) is 5.56 Å². The van der Waals surface area contributed by atoms with Gasteiger partial charge < -0.3 is 10.6 Å². The van der Waals surface area contributed by atoms with Gasteiger partial charge in [0.1, 0.15) is 5.65 Å². The van der Waals surface area contributed by atoms with E-state index in [9.17, 15) is 4.79 Å². The predicted molar refractivity (Wildman–Crippen MR) is 139 cm³/mol. The molecule has 4 heterocycles. The molecule has 0 saturated carbocycles. The molecule has 5 rings (SSSR count). The number of benzene rings is 1. The highest BCUT2D eigenvalue weighted by Gasteiger charge is 2.16. The van der Waals surface area contributed by atoms with Crippen LogP contribution in [-0.2, 0) is 6.54 Å². The van der Waals surface area contributed by atoms with Gasteiger partial charge in [0.05, 0.1) is 17.8 Å². The summed E-state index contributed by atoms with van der Waals surface area (Å²) in [5, 5.41) is 7.46. The van der Waals surface area contributed by atoms with Gasteiger partial charge in [-0.15, -0.1) is 5.92 Å². The fourth-order valence-electron chi connectivity index (χ4n) is 4.55. The zero-order chi connectivity index (χ0) is 24.2. The van der Waals surface area contributed by atoms with Crippen molar-refractivity contribution in [1.29, 1.82) is 0 Å². The molecule has 1 fully saturated rings.